The summed E-state index contributed by atoms with van der Waals surface area (Å²) in [5.74, 6) is -1.10. The molecule has 0 aliphatic carbocycles. The molecule has 4 heteroatoms. The highest BCUT2D eigenvalue weighted by molar-refractivity contribution is 9.09. The molecule has 0 aliphatic rings. The second kappa shape index (κ2) is 4.98. The van der Waals surface area contributed by atoms with Crippen molar-refractivity contribution in [3.63, 3.8) is 0 Å². The van der Waals surface area contributed by atoms with E-state index < -0.39 is 11.6 Å². The maximum Gasteiger partial charge on any atom is 0.228 e. The highest BCUT2D eigenvalue weighted by atomic mass is 79.9. The van der Waals surface area contributed by atoms with Crippen molar-refractivity contribution in [3.8, 4) is 0 Å². The van der Waals surface area contributed by atoms with Gasteiger partial charge in [-0.3, -0.25) is 14.4 Å². The summed E-state index contributed by atoms with van der Waals surface area (Å²) in [5, 5.41) is 0.243. The summed E-state index contributed by atoms with van der Waals surface area (Å²) >= 11 is 3.05. The topological polar surface area (TPSA) is 51.2 Å². The lowest BCUT2D eigenvalue weighted by Crippen LogP contribution is -2.10. The van der Waals surface area contributed by atoms with E-state index in [1.54, 1.807) is 12.1 Å². The number of Topliss-reactive ketones (excluding diaryl/α,β-unsaturated/α-hetero) is 3. The number of ketones is 3. The van der Waals surface area contributed by atoms with E-state index in [4.69, 9.17) is 0 Å². The minimum absolute atomic E-state index is 0.0585. The van der Waals surface area contributed by atoms with E-state index in [1.807, 2.05) is 0 Å². The molecular formula is C11H9BrO3. The predicted octanol–water partition coefficient (Wildman–Crippen LogP) is 2.04. The number of carbonyl (C=O) groups excluding carboxylic acids is 3. The lowest BCUT2D eigenvalue weighted by molar-refractivity contribution is -0.113. The molecule has 0 heterocycles. The molecule has 0 spiro atoms. The van der Waals surface area contributed by atoms with Crippen LogP contribution in [0.3, 0.4) is 0 Å². The third-order valence-electron chi connectivity index (χ3n) is 1.91. The Hall–Kier alpha value is -1.29. The molecule has 0 aliphatic heterocycles. The maximum absolute atomic E-state index is 11.3. The van der Waals surface area contributed by atoms with E-state index >= 15 is 0 Å². The van der Waals surface area contributed by atoms with Gasteiger partial charge >= 0.3 is 0 Å². The van der Waals surface area contributed by atoms with E-state index in [0.717, 1.165) is 0 Å². The van der Waals surface area contributed by atoms with Gasteiger partial charge in [0.05, 0.1) is 5.33 Å². The fourth-order valence-electron chi connectivity index (χ4n) is 1.09. The molecule has 0 amide bonds. The van der Waals surface area contributed by atoms with Gasteiger partial charge in [-0.2, -0.15) is 0 Å². The molecule has 15 heavy (non-hydrogen) atoms. The zero-order chi connectivity index (χ0) is 11.4. The molecule has 0 N–H and O–H groups in total. The zero-order valence-electron chi connectivity index (χ0n) is 8.12. The number of rotatable bonds is 4. The van der Waals surface area contributed by atoms with Gasteiger partial charge in [-0.05, 0) is 0 Å². The number of halogens is 1. The Balaban J connectivity index is 2.95. The van der Waals surface area contributed by atoms with Crippen molar-refractivity contribution < 1.29 is 14.4 Å². The minimum atomic E-state index is -0.534. The van der Waals surface area contributed by atoms with Crippen molar-refractivity contribution in [2.24, 2.45) is 0 Å². The van der Waals surface area contributed by atoms with Gasteiger partial charge < -0.3 is 0 Å². The van der Waals surface area contributed by atoms with E-state index in [9.17, 15) is 14.4 Å². The normalized spacial score (nSPS) is 9.73. The smallest absolute Gasteiger partial charge is 0.228 e. The second-order valence-electron chi connectivity index (χ2n) is 3.02. The van der Waals surface area contributed by atoms with Gasteiger partial charge in [-0.25, -0.2) is 0 Å². The fraction of sp³-hybridized carbons (Fsp3) is 0.182. The molecule has 0 unspecified atom stereocenters. The molecule has 1 aromatic rings. The van der Waals surface area contributed by atoms with E-state index in [1.165, 1.54) is 19.1 Å². The average molecular weight is 269 g/mol. The Labute approximate surface area is 95.6 Å². The van der Waals surface area contributed by atoms with Crippen molar-refractivity contribution in [1.29, 1.82) is 0 Å². The van der Waals surface area contributed by atoms with Crippen LogP contribution in [0.2, 0.25) is 0 Å². The summed E-state index contributed by atoms with van der Waals surface area (Å²) in [4.78, 5) is 33.3. The lowest BCUT2D eigenvalue weighted by Gasteiger charge is -1.99. The Kier molecular flexibility index (Phi) is 3.91. The fourth-order valence-corrected chi connectivity index (χ4v) is 1.41. The SMILES string of the molecule is CC(=O)C(=O)c1ccc(C(=O)CBr)cc1. The summed E-state index contributed by atoms with van der Waals surface area (Å²) in [6, 6.07) is 6.05. The van der Waals surface area contributed by atoms with Crippen LogP contribution >= 0.6 is 15.9 Å². The Morgan fingerprint density at radius 2 is 1.53 bits per heavy atom. The van der Waals surface area contributed by atoms with Crippen LogP contribution < -0.4 is 0 Å². The first-order chi connectivity index (χ1) is 7.06. The maximum atomic E-state index is 11.3. The van der Waals surface area contributed by atoms with Crippen LogP contribution in [0, 0.1) is 0 Å². The van der Waals surface area contributed by atoms with Crippen LogP contribution in [0.15, 0.2) is 24.3 Å². The average Bonchev–Trinajstić information content (AvgIpc) is 2.27. The number of alkyl halides is 1. The molecule has 0 bridgehead atoms. The molecule has 3 nitrogen and oxygen atoms in total. The molecule has 0 aromatic heterocycles. The highest BCUT2D eigenvalue weighted by Crippen LogP contribution is 2.07. The number of hydrogen-bond donors (Lipinski definition) is 0. The van der Waals surface area contributed by atoms with Gasteiger partial charge in [0.15, 0.2) is 11.6 Å². The van der Waals surface area contributed by atoms with Crippen molar-refractivity contribution in [3.05, 3.63) is 35.4 Å². The van der Waals surface area contributed by atoms with Crippen LogP contribution in [0.5, 0.6) is 0 Å². The number of benzene rings is 1. The van der Waals surface area contributed by atoms with Gasteiger partial charge in [0.1, 0.15) is 0 Å². The molecule has 78 valence electrons. The monoisotopic (exact) mass is 268 g/mol. The summed E-state index contributed by atoms with van der Waals surface area (Å²) in [5.41, 5.74) is 0.834. The van der Waals surface area contributed by atoms with Crippen molar-refractivity contribution in [2.45, 2.75) is 6.92 Å². The molecular weight excluding hydrogens is 260 g/mol. The Bertz CT molecular complexity index is 406. The van der Waals surface area contributed by atoms with Gasteiger partial charge in [-0.1, -0.05) is 40.2 Å². The van der Waals surface area contributed by atoms with Gasteiger partial charge in [-0.15, -0.1) is 0 Å². The largest absolute Gasteiger partial charge is 0.293 e. The van der Waals surface area contributed by atoms with Crippen LogP contribution in [0.1, 0.15) is 27.6 Å². The Morgan fingerprint density at radius 1 is 1.07 bits per heavy atom. The lowest BCUT2D eigenvalue weighted by atomic mass is 10.0. The first-order valence-corrected chi connectivity index (χ1v) is 5.43. The van der Waals surface area contributed by atoms with Crippen LogP contribution in [-0.2, 0) is 4.79 Å². The standard InChI is InChI=1S/C11H9BrO3/c1-7(13)11(15)9-4-2-8(3-5-9)10(14)6-12/h2-5H,6H2,1H3. The quantitative estimate of drug-likeness (QED) is 0.477. The van der Waals surface area contributed by atoms with Crippen LogP contribution in [0.4, 0.5) is 0 Å². The Morgan fingerprint density at radius 3 is 1.93 bits per heavy atom. The third-order valence-corrected chi connectivity index (χ3v) is 2.42. The first kappa shape index (κ1) is 11.8. The van der Waals surface area contributed by atoms with Crippen molar-refractivity contribution in [1.82, 2.24) is 0 Å². The number of carbonyl (C=O) groups is 3. The third kappa shape index (κ3) is 2.83. The minimum Gasteiger partial charge on any atom is -0.293 e. The molecule has 1 aromatic carbocycles. The van der Waals surface area contributed by atoms with Crippen LogP contribution in [0.25, 0.3) is 0 Å². The zero-order valence-corrected chi connectivity index (χ0v) is 9.71. The van der Waals surface area contributed by atoms with E-state index in [-0.39, 0.29) is 11.1 Å². The number of hydrogen-bond acceptors (Lipinski definition) is 3. The van der Waals surface area contributed by atoms with Crippen molar-refractivity contribution >= 4 is 33.3 Å². The molecule has 0 saturated carbocycles. The first-order valence-electron chi connectivity index (χ1n) is 4.30. The summed E-state index contributed by atoms with van der Waals surface area (Å²) in [7, 11) is 0. The summed E-state index contributed by atoms with van der Waals surface area (Å²) in [6.07, 6.45) is 0. The molecule has 0 fully saturated rings. The summed E-state index contributed by atoms with van der Waals surface area (Å²) in [6.45, 7) is 1.22. The van der Waals surface area contributed by atoms with Gasteiger partial charge in [0.2, 0.25) is 5.78 Å². The van der Waals surface area contributed by atoms with Crippen LogP contribution in [-0.4, -0.2) is 22.7 Å². The van der Waals surface area contributed by atoms with E-state index in [2.05, 4.69) is 15.9 Å². The van der Waals surface area contributed by atoms with E-state index in [0.29, 0.717) is 11.1 Å². The van der Waals surface area contributed by atoms with Gasteiger partial charge in [0.25, 0.3) is 0 Å². The molecule has 0 radical (unpaired) electrons. The second-order valence-corrected chi connectivity index (χ2v) is 3.58. The predicted molar refractivity (Wildman–Crippen MR) is 59.6 cm³/mol. The molecule has 1 rings (SSSR count). The van der Waals surface area contributed by atoms with Crippen molar-refractivity contribution in [2.75, 3.05) is 5.33 Å². The summed E-state index contributed by atoms with van der Waals surface area (Å²) < 4.78 is 0. The highest BCUT2D eigenvalue weighted by Gasteiger charge is 2.11. The molecule has 0 saturated heterocycles. The molecule has 0 atom stereocenters. The van der Waals surface area contributed by atoms with Gasteiger partial charge in [0, 0.05) is 18.1 Å².